The Morgan fingerprint density at radius 1 is 1.16 bits per heavy atom. The van der Waals surface area contributed by atoms with Gasteiger partial charge in [-0.3, -0.25) is 4.98 Å². The van der Waals surface area contributed by atoms with Crippen LogP contribution in [0.3, 0.4) is 0 Å². The molecule has 0 aliphatic heterocycles. The normalized spacial score (nSPS) is 11.1. The van der Waals surface area contributed by atoms with Crippen molar-refractivity contribution in [2.45, 2.75) is 19.8 Å². The highest BCUT2D eigenvalue weighted by molar-refractivity contribution is 5.54. The lowest BCUT2D eigenvalue weighted by Crippen LogP contribution is -1.80. The quantitative estimate of drug-likeness (QED) is 0.717. The molecule has 6 nitrogen and oxygen atoms in total. The van der Waals surface area contributed by atoms with Crippen LogP contribution in [0, 0.1) is 0 Å². The first-order valence-electron chi connectivity index (χ1n) is 5.95. The fourth-order valence-corrected chi connectivity index (χ4v) is 1.59. The minimum Gasteiger partial charge on any atom is -0.414 e. The predicted molar refractivity (Wildman–Crippen MR) is 67.1 cm³/mol. The topological polar surface area (TPSA) is 77.8 Å². The molecule has 0 aromatic carbocycles. The third-order valence-corrected chi connectivity index (χ3v) is 2.65. The molecular formula is C13H12N4O2. The maximum Gasteiger partial charge on any atom is 0.270 e. The van der Waals surface area contributed by atoms with Gasteiger partial charge in [0.2, 0.25) is 5.89 Å². The lowest BCUT2D eigenvalue weighted by molar-refractivity contribution is 0.371. The minimum atomic E-state index is 0.266. The van der Waals surface area contributed by atoms with Crippen LogP contribution >= 0.6 is 0 Å². The van der Waals surface area contributed by atoms with E-state index in [4.69, 9.17) is 8.94 Å². The zero-order chi connectivity index (χ0) is 13.2. The first kappa shape index (κ1) is 11.6. The Labute approximate surface area is 109 Å². The molecule has 3 aromatic heterocycles. The molecule has 3 heterocycles. The second-order valence-corrected chi connectivity index (χ2v) is 4.42. The Morgan fingerprint density at radius 3 is 2.68 bits per heavy atom. The first-order chi connectivity index (χ1) is 9.24. The highest BCUT2D eigenvalue weighted by Gasteiger charge is 2.16. The smallest absolute Gasteiger partial charge is 0.270 e. The number of nitrogens with zero attached hydrogens (tertiary/aromatic N) is 4. The van der Waals surface area contributed by atoms with E-state index in [0.717, 1.165) is 11.3 Å². The molecule has 0 saturated carbocycles. The summed E-state index contributed by atoms with van der Waals surface area (Å²) in [5.41, 5.74) is 1.32. The summed E-state index contributed by atoms with van der Waals surface area (Å²) in [6.07, 6.45) is 3.35. The van der Waals surface area contributed by atoms with Gasteiger partial charge < -0.3 is 8.94 Å². The zero-order valence-corrected chi connectivity index (χ0v) is 10.6. The van der Waals surface area contributed by atoms with Gasteiger partial charge in [-0.25, -0.2) is 0 Å². The molecule has 0 spiro atoms. The monoisotopic (exact) mass is 256 g/mol. The summed E-state index contributed by atoms with van der Waals surface area (Å²) >= 11 is 0. The number of aromatic nitrogens is 4. The summed E-state index contributed by atoms with van der Waals surface area (Å²) in [4.78, 5) is 4.01. The van der Waals surface area contributed by atoms with E-state index >= 15 is 0 Å². The third-order valence-electron chi connectivity index (χ3n) is 2.65. The van der Waals surface area contributed by atoms with Crippen LogP contribution in [0.5, 0.6) is 0 Å². The molecule has 96 valence electrons. The molecule has 6 heteroatoms. The van der Waals surface area contributed by atoms with Gasteiger partial charge in [-0.15, -0.1) is 10.2 Å². The van der Waals surface area contributed by atoms with Crippen molar-refractivity contribution in [2.24, 2.45) is 0 Å². The molecule has 3 aromatic rings. The van der Waals surface area contributed by atoms with E-state index in [9.17, 15) is 0 Å². The standard InChI is InChI=1S/C13H12N4O2/c1-8(2)11-6-10(17-19-11)13-16-15-12(18-13)9-4-3-5-14-7-9/h3-8H,1-2H3. The van der Waals surface area contributed by atoms with Gasteiger partial charge in [0.05, 0.1) is 5.56 Å². The average molecular weight is 256 g/mol. The molecule has 0 radical (unpaired) electrons. The summed E-state index contributed by atoms with van der Waals surface area (Å²) in [5.74, 6) is 1.81. The highest BCUT2D eigenvalue weighted by atomic mass is 16.5. The molecule has 0 unspecified atom stereocenters. The van der Waals surface area contributed by atoms with E-state index in [-0.39, 0.29) is 5.92 Å². The molecule has 19 heavy (non-hydrogen) atoms. The molecule has 0 N–H and O–H groups in total. The summed E-state index contributed by atoms with van der Waals surface area (Å²) in [7, 11) is 0. The van der Waals surface area contributed by atoms with Crippen LogP contribution in [0.25, 0.3) is 23.0 Å². The van der Waals surface area contributed by atoms with Crippen molar-refractivity contribution in [3.05, 3.63) is 36.4 Å². The largest absolute Gasteiger partial charge is 0.414 e. The van der Waals surface area contributed by atoms with Crippen LogP contribution in [0.1, 0.15) is 25.5 Å². The van der Waals surface area contributed by atoms with Gasteiger partial charge in [0.1, 0.15) is 5.76 Å². The van der Waals surface area contributed by atoms with Crippen molar-refractivity contribution in [1.29, 1.82) is 0 Å². The minimum absolute atomic E-state index is 0.266. The van der Waals surface area contributed by atoms with Crippen LogP contribution in [0.15, 0.2) is 39.5 Å². The molecule has 3 rings (SSSR count). The molecule has 0 bridgehead atoms. The second kappa shape index (κ2) is 4.64. The van der Waals surface area contributed by atoms with Gasteiger partial charge in [-0.2, -0.15) is 0 Å². The van der Waals surface area contributed by atoms with Crippen molar-refractivity contribution < 1.29 is 8.94 Å². The zero-order valence-electron chi connectivity index (χ0n) is 10.6. The van der Waals surface area contributed by atoms with E-state index in [1.54, 1.807) is 12.4 Å². The maximum absolute atomic E-state index is 5.56. The Hall–Kier alpha value is -2.50. The molecule has 0 aliphatic rings. The third kappa shape index (κ3) is 2.24. The van der Waals surface area contributed by atoms with Gasteiger partial charge in [0.15, 0.2) is 5.69 Å². The van der Waals surface area contributed by atoms with Crippen LogP contribution < -0.4 is 0 Å². The Balaban J connectivity index is 1.92. The van der Waals surface area contributed by atoms with Gasteiger partial charge in [-0.05, 0) is 12.1 Å². The van der Waals surface area contributed by atoms with Crippen molar-refractivity contribution in [3.8, 4) is 23.0 Å². The van der Waals surface area contributed by atoms with Crippen molar-refractivity contribution in [1.82, 2.24) is 20.3 Å². The first-order valence-corrected chi connectivity index (χ1v) is 5.95. The van der Waals surface area contributed by atoms with Gasteiger partial charge in [-0.1, -0.05) is 19.0 Å². The predicted octanol–water partition coefficient (Wildman–Crippen LogP) is 2.91. The molecular weight excluding hydrogens is 244 g/mol. The van der Waals surface area contributed by atoms with Crippen LogP contribution in [0.2, 0.25) is 0 Å². The van der Waals surface area contributed by atoms with E-state index in [2.05, 4.69) is 20.3 Å². The number of hydrogen-bond acceptors (Lipinski definition) is 6. The number of rotatable bonds is 3. The molecule has 0 saturated heterocycles. The Morgan fingerprint density at radius 2 is 2.00 bits per heavy atom. The van der Waals surface area contributed by atoms with E-state index in [0.29, 0.717) is 17.5 Å². The Bertz CT molecular complexity index is 673. The lowest BCUT2D eigenvalue weighted by Gasteiger charge is -1.93. The number of hydrogen-bond donors (Lipinski definition) is 0. The average Bonchev–Trinajstić information content (AvgIpc) is 3.09. The molecule has 0 amide bonds. The van der Waals surface area contributed by atoms with E-state index < -0.39 is 0 Å². The molecule has 0 atom stereocenters. The maximum atomic E-state index is 5.56. The van der Waals surface area contributed by atoms with Crippen LogP contribution in [-0.2, 0) is 0 Å². The van der Waals surface area contributed by atoms with Gasteiger partial charge in [0.25, 0.3) is 5.89 Å². The summed E-state index contributed by atoms with van der Waals surface area (Å²) in [6.45, 7) is 4.05. The Kier molecular flexibility index (Phi) is 2.83. The van der Waals surface area contributed by atoms with Crippen molar-refractivity contribution in [2.75, 3.05) is 0 Å². The fourth-order valence-electron chi connectivity index (χ4n) is 1.59. The fraction of sp³-hybridized carbons (Fsp3) is 0.231. The van der Waals surface area contributed by atoms with E-state index in [1.807, 2.05) is 32.0 Å². The van der Waals surface area contributed by atoms with Gasteiger partial charge >= 0.3 is 0 Å². The summed E-state index contributed by atoms with van der Waals surface area (Å²) in [6, 6.07) is 5.48. The van der Waals surface area contributed by atoms with Crippen molar-refractivity contribution >= 4 is 0 Å². The SMILES string of the molecule is CC(C)c1cc(-c2nnc(-c3cccnc3)o2)no1. The second-order valence-electron chi connectivity index (χ2n) is 4.42. The van der Waals surface area contributed by atoms with Gasteiger partial charge in [0, 0.05) is 24.4 Å². The molecule has 0 aliphatic carbocycles. The number of pyridine rings is 1. The van der Waals surface area contributed by atoms with Crippen LogP contribution in [0.4, 0.5) is 0 Å². The van der Waals surface area contributed by atoms with E-state index in [1.165, 1.54) is 0 Å². The highest BCUT2D eigenvalue weighted by Crippen LogP contribution is 2.25. The van der Waals surface area contributed by atoms with Crippen molar-refractivity contribution in [3.63, 3.8) is 0 Å². The summed E-state index contributed by atoms with van der Waals surface area (Å²) < 4.78 is 10.8. The van der Waals surface area contributed by atoms with Crippen LogP contribution in [-0.4, -0.2) is 20.3 Å². The summed E-state index contributed by atoms with van der Waals surface area (Å²) in [5, 5.41) is 11.9. The lowest BCUT2D eigenvalue weighted by atomic mass is 10.1. The molecule has 0 fully saturated rings.